The number of likely N-dealkylation sites (N-methyl/N-ethyl adjacent to an activating group) is 1. The monoisotopic (exact) mass is 529 g/mol. The van der Waals surface area contributed by atoms with Crippen LogP contribution in [0.2, 0.25) is 0 Å². The van der Waals surface area contributed by atoms with E-state index < -0.39 is 12.1 Å². The standard InChI is InChI=1S/C29H31N5O5/c1-17-8-9-21-12-25(17)39-22-7-5-6-20(11-22)16-38-26-14-34(29(37)23-10-18(2)30-19(3)31-23)13-24(26)32-27(35)15-33(4)28(21)36/h5-12,24,26H,13-16H2,1-4H3,(H,32,35)/t24-,26-/m0/s1. The van der Waals surface area contributed by atoms with Crippen LogP contribution in [0.1, 0.15) is 43.5 Å². The van der Waals surface area contributed by atoms with E-state index in [9.17, 15) is 14.4 Å². The molecule has 2 aliphatic heterocycles. The fourth-order valence-corrected chi connectivity index (χ4v) is 4.87. The highest BCUT2D eigenvalue weighted by atomic mass is 16.5. The summed E-state index contributed by atoms with van der Waals surface area (Å²) in [6.45, 7) is 6.10. The van der Waals surface area contributed by atoms with Crippen molar-refractivity contribution in [1.29, 1.82) is 0 Å². The average molecular weight is 530 g/mol. The number of hydrogen-bond donors (Lipinski definition) is 1. The molecular formula is C29H31N5O5. The highest BCUT2D eigenvalue weighted by Gasteiger charge is 2.38. The number of fused-ring (bicyclic) bond motifs is 5. The lowest BCUT2D eigenvalue weighted by Gasteiger charge is -2.23. The van der Waals surface area contributed by atoms with Crippen LogP contribution in [0.15, 0.2) is 48.5 Å². The van der Waals surface area contributed by atoms with Crippen LogP contribution in [0, 0.1) is 20.8 Å². The third-order valence-electron chi connectivity index (χ3n) is 6.84. The van der Waals surface area contributed by atoms with E-state index in [4.69, 9.17) is 9.47 Å². The first-order chi connectivity index (χ1) is 18.7. The third-order valence-corrected chi connectivity index (χ3v) is 6.84. The molecule has 2 atom stereocenters. The lowest BCUT2D eigenvalue weighted by atomic mass is 10.1. The molecule has 0 spiro atoms. The summed E-state index contributed by atoms with van der Waals surface area (Å²) in [6, 6.07) is 13.9. The number of benzene rings is 2. The molecular weight excluding hydrogens is 498 g/mol. The van der Waals surface area contributed by atoms with Crippen LogP contribution in [0.4, 0.5) is 0 Å². The normalized spacial score (nSPS) is 19.8. The SMILES string of the molecule is Cc1cc(C(=O)N2C[C@@H]3NC(=O)CN(C)C(=O)c4ccc(C)c(c4)Oc4cccc(c4)CO[C@H]3C2)nc(C)n1. The maximum atomic E-state index is 13.3. The molecule has 2 aliphatic rings. The van der Waals surface area contributed by atoms with Gasteiger partial charge in [-0.25, -0.2) is 9.97 Å². The van der Waals surface area contributed by atoms with E-state index in [1.54, 1.807) is 37.1 Å². The fraction of sp³-hybridized carbons (Fsp3) is 0.345. The maximum absolute atomic E-state index is 13.3. The van der Waals surface area contributed by atoms with Crippen LogP contribution in [0.25, 0.3) is 0 Å². The molecule has 39 heavy (non-hydrogen) atoms. The number of aryl methyl sites for hydroxylation is 3. The van der Waals surface area contributed by atoms with Gasteiger partial charge in [0, 0.05) is 31.4 Å². The zero-order chi connectivity index (χ0) is 27.7. The molecule has 0 unspecified atom stereocenters. The number of amides is 3. The fourth-order valence-electron chi connectivity index (χ4n) is 4.87. The van der Waals surface area contributed by atoms with Gasteiger partial charge in [0.05, 0.1) is 25.3 Å². The van der Waals surface area contributed by atoms with Crippen LogP contribution < -0.4 is 10.1 Å². The van der Waals surface area contributed by atoms with E-state index in [0.717, 1.165) is 11.1 Å². The summed E-state index contributed by atoms with van der Waals surface area (Å²) in [5.74, 6) is 0.794. The van der Waals surface area contributed by atoms with Crippen LogP contribution in [-0.4, -0.2) is 76.3 Å². The Morgan fingerprint density at radius 1 is 1.03 bits per heavy atom. The number of nitrogens with zero attached hydrogens (tertiary/aromatic N) is 4. The van der Waals surface area contributed by atoms with E-state index in [0.29, 0.717) is 34.3 Å². The molecule has 4 bridgehead atoms. The van der Waals surface area contributed by atoms with Gasteiger partial charge in [-0.15, -0.1) is 0 Å². The lowest BCUT2D eigenvalue weighted by Crippen LogP contribution is -2.48. The molecule has 3 heterocycles. The Kier molecular flexibility index (Phi) is 7.30. The second-order valence-corrected chi connectivity index (χ2v) is 10.1. The molecule has 5 rings (SSSR count). The van der Waals surface area contributed by atoms with Crippen molar-refractivity contribution in [2.45, 2.75) is 39.5 Å². The number of likely N-dealkylation sites (tertiary alicyclic amines) is 1. The Balaban J connectivity index is 1.43. The summed E-state index contributed by atoms with van der Waals surface area (Å²) in [5, 5.41) is 2.98. The lowest BCUT2D eigenvalue weighted by molar-refractivity contribution is -0.123. The Labute approximate surface area is 226 Å². The number of nitrogens with one attached hydrogen (secondary N) is 1. The van der Waals surface area contributed by atoms with Gasteiger partial charge < -0.3 is 24.6 Å². The van der Waals surface area contributed by atoms with Crippen molar-refractivity contribution in [3.63, 3.8) is 0 Å². The minimum absolute atomic E-state index is 0.149. The molecule has 10 nitrogen and oxygen atoms in total. The van der Waals surface area contributed by atoms with Gasteiger partial charge in [-0.1, -0.05) is 18.2 Å². The van der Waals surface area contributed by atoms with Crippen molar-refractivity contribution in [3.8, 4) is 11.5 Å². The van der Waals surface area contributed by atoms with E-state index in [1.165, 1.54) is 4.90 Å². The van der Waals surface area contributed by atoms with Gasteiger partial charge in [0.1, 0.15) is 23.0 Å². The second-order valence-electron chi connectivity index (χ2n) is 10.1. The van der Waals surface area contributed by atoms with Gasteiger partial charge in [-0.05, 0) is 62.2 Å². The summed E-state index contributed by atoms with van der Waals surface area (Å²) in [7, 11) is 1.58. The van der Waals surface area contributed by atoms with Crippen molar-refractivity contribution >= 4 is 17.7 Å². The predicted molar refractivity (Wildman–Crippen MR) is 143 cm³/mol. The summed E-state index contributed by atoms with van der Waals surface area (Å²) in [5.41, 5.74) is 3.18. The number of aromatic nitrogens is 2. The Morgan fingerprint density at radius 3 is 2.64 bits per heavy atom. The molecule has 1 saturated heterocycles. The maximum Gasteiger partial charge on any atom is 0.272 e. The summed E-state index contributed by atoms with van der Waals surface area (Å²) in [6.07, 6.45) is -0.463. The average Bonchev–Trinajstić information content (AvgIpc) is 3.29. The number of carbonyl (C=O) groups excluding carboxylic acids is 3. The summed E-state index contributed by atoms with van der Waals surface area (Å²) in [4.78, 5) is 51.0. The number of hydrogen-bond acceptors (Lipinski definition) is 7. The Hall–Kier alpha value is -4.31. The quantitative estimate of drug-likeness (QED) is 0.516. The molecule has 0 aliphatic carbocycles. The molecule has 0 radical (unpaired) electrons. The van der Waals surface area contributed by atoms with Crippen molar-refractivity contribution in [2.75, 3.05) is 26.7 Å². The Morgan fingerprint density at radius 2 is 1.85 bits per heavy atom. The molecule has 1 aromatic heterocycles. The molecule has 3 amide bonds. The van der Waals surface area contributed by atoms with Gasteiger partial charge in [0.15, 0.2) is 0 Å². The number of ether oxygens (including phenoxy) is 2. The topological polar surface area (TPSA) is 114 Å². The van der Waals surface area contributed by atoms with E-state index in [1.807, 2.05) is 44.2 Å². The molecule has 202 valence electrons. The Bertz CT molecular complexity index is 1420. The molecule has 1 N–H and O–H groups in total. The smallest absolute Gasteiger partial charge is 0.272 e. The molecule has 1 fully saturated rings. The van der Waals surface area contributed by atoms with Crippen LogP contribution in [-0.2, 0) is 16.1 Å². The van der Waals surface area contributed by atoms with Gasteiger partial charge in [0.2, 0.25) is 5.91 Å². The first-order valence-electron chi connectivity index (χ1n) is 12.8. The number of rotatable bonds is 1. The first-order valence-corrected chi connectivity index (χ1v) is 12.8. The van der Waals surface area contributed by atoms with Crippen LogP contribution in [0.3, 0.4) is 0 Å². The predicted octanol–water partition coefficient (Wildman–Crippen LogP) is 2.81. The third kappa shape index (κ3) is 5.91. The summed E-state index contributed by atoms with van der Waals surface area (Å²) < 4.78 is 12.4. The highest BCUT2D eigenvalue weighted by molar-refractivity contribution is 5.97. The largest absolute Gasteiger partial charge is 0.457 e. The van der Waals surface area contributed by atoms with Gasteiger partial charge in [-0.2, -0.15) is 0 Å². The van der Waals surface area contributed by atoms with Crippen molar-refractivity contribution in [1.82, 2.24) is 25.1 Å². The molecule has 2 aromatic carbocycles. The number of carbonyl (C=O) groups is 3. The van der Waals surface area contributed by atoms with Gasteiger partial charge >= 0.3 is 0 Å². The minimum Gasteiger partial charge on any atom is -0.457 e. The van der Waals surface area contributed by atoms with Crippen molar-refractivity contribution in [3.05, 3.63) is 82.4 Å². The van der Waals surface area contributed by atoms with E-state index >= 15 is 0 Å². The molecule has 10 heteroatoms. The van der Waals surface area contributed by atoms with Gasteiger partial charge in [-0.3, -0.25) is 14.4 Å². The van der Waals surface area contributed by atoms with Crippen LogP contribution >= 0.6 is 0 Å². The van der Waals surface area contributed by atoms with E-state index in [-0.39, 0.29) is 44.0 Å². The van der Waals surface area contributed by atoms with Gasteiger partial charge in [0.25, 0.3) is 11.8 Å². The minimum atomic E-state index is -0.465. The second kappa shape index (κ2) is 10.8. The van der Waals surface area contributed by atoms with Crippen LogP contribution in [0.5, 0.6) is 11.5 Å². The zero-order valence-corrected chi connectivity index (χ0v) is 22.4. The molecule has 3 aromatic rings. The summed E-state index contributed by atoms with van der Waals surface area (Å²) >= 11 is 0. The highest BCUT2D eigenvalue weighted by Crippen LogP contribution is 2.28. The molecule has 0 saturated carbocycles. The van der Waals surface area contributed by atoms with Crippen molar-refractivity contribution < 1.29 is 23.9 Å². The van der Waals surface area contributed by atoms with E-state index in [2.05, 4.69) is 15.3 Å². The van der Waals surface area contributed by atoms with Crippen molar-refractivity contribution in [2.24, 2.45) is 0 Å². The zero-order valence-electron chi connectivity index (χ0n) is 22.4. The first kappa shape index (κ1) is 26.3.